The van der Waals surface area contributed by atoms with Crippen LogP contribution in [0.15, 0.2) is 36.4 Å². The van der Waals surface area contributed by atoms with Crippen molar-refractivity contribution >= 4 is 16.3 Å². The van der Waals surface area contributed by atoms with Crippen molar-refractivity contribution < 1.29 is 18.9 Å². The molecule has 0 radical (unpaired) electrons. The van der Waals surface area contributed by atoms with Crippen molar-refractivity contribution in [3.8, 4) is 45.0 Å². The second-order valence-corrected chi connectivity index (χ2v) is 6.95. The predicted molar refractivity (Wildman–Crippen MR) is 110 cm³/mol. The maximum atomic E-state index is 5.50. The van der Waals surface area contributed by atoms with Gasteiger partial charge >= 0.3 is 0 Å². The highest BCUT2D eigenvalue weighted by molar-refractivity contribution is 7.19. The van der Waals surface area contributed by atoms with Crippen LogP contribution in [-0.2, 0) is 0 Å². The zero-order chi connectivity index (χ0) is 20.4. The van der Waals surface area contributed by atoms with Crippen LogP contribution in [0.5, 0.6) is 23.0 Å². The molecule has 0 atom stereocenters. The van der Waals surface area contributed by atoms with Gasteiger partial charge in [-0.1, -0.05) is 11.3 Å². The molecule has 0 bridgehead atoms. The molecule has 150 valence electrons. The summed E-state index contributed by atoms with van der Waals surface area (Å²) in [7, 11) is 4.75. The van der Waals surface area contributed by atoms with Crippen molar-refractivity contribution in [3.63, 3.8) is 0 Å². The Bertz CT molecular complexity index is 1110. The molecule has 0 saturated heterocycles. The number of rotatable bonds is 7. The van der Waals surface area contributed by atoms with E-state index in [1.165, 1.54) is 11.3 Å². The van der Waals surface area contributed by atoms with Gasteiger partial charge in [0.05, 0.1) is 27.9 Å². The molecule has 2 heterocycles. The Balaban J connectivity index is 1.76. The second-order valence-electron chi connectivity index (χ2n) is 6.00. The smallest absolute Gasteiger partial charge is 0.235 e. The second kappa shape index (κ2) is 7.96. The average Bonchev–Trinajstić information content (AvgIpc) is 3.34. The molecular weight excluding hydrogens is 392 g/mol. The van der Waals surface area contributed by atoms with Gasteiger partial charge in [-0.15, -0.1) is 10.2 Å². The van der Waals surface area contributed by atoms with E-state index in [0.717, 1.165) is 21.9 Å². The third kappa shape index (κ3) is 3.44. The van der Waals surface area contributed by atoms with Crippen molar-refractivity contribution in [1.82, 2.24) is 19.8 Å². The van der Waals surface area contributed by atoms with Gasteiger partial charge in [-0.3, -0.25) is 0 Å². The van der Waals surface area contributed by atoms with E-state index in [4.69, 9.17) is 24.0 Å². The third-order valence-electron chi connectivity index (χ3n) is 4.33. The van der Waals surface area contributed by atoms with Crippen LogP contribution in [0.3, 0.4) is 0 Å². The van der Waals surface area contributed by atoms with E-state index < -0.39 is 0 Å². The van der Waals surface area contributed by atoms with E-state index in [9.17, 15) is 0 Å². The summed E-state index contributed by atoms with van der Waals surface area (Å²) < 4.78 is 23.5. The van der Waals surface area contributed by atoms with Gasteiger partial charge in [0.25, 0.3) is 0 Å². The van der Waals surface area contributed by atoms with Crippen LogP contribution < -0.4 is 18.9 Å². The fourth-order valence-electron chi connectivity index (χ4n) is 2.99. The van der Waals surface area contributed by atoms with Crippen molar-refractivity contribution in [2.24, 2.45) is 0 Å². The highest BCUT2D eigenvalue weighted by Gasteiger charge is 2.19. The van der Waals surface area contributed by atoms with Crippen LogP contribution in [0.4, 0.5) is 0 Å². The molecule has 9 heteroatoms. The molecular formula is C20H20N4O4S. The Hall–Kier alpha value is -3.33. The molecule has 0 N–H and O–H groups in total. The molecule has 0 fully saturated rings. The lowest BCUT2D eigenvalue weighted by atomic mass is 10.2. The number of benzene rings is 2. The minimum absolute atomic E-state index is 0.539. The van der Waals surface area contributed by atoms with E-state index in [0.29, 0.717) is 34.6 Å². The Labute approximate surface area is 171 Å². The molecule has 0 aliphatic heterocycles. The van der Waals surface area contributed by atoms with Crippen LogP contribution in [-0.4, -0.2) is 47.7 Å². The maximum absolute atomic E-state index is 5.50. The van der Waals surface area contributed by atoms with Gasteiger partial charge in [-0.25, -0.2) is 0 Å². The quantitative estimate of drug-likeness (QED) is 0.455. The first-order chi connectivity index (χ1) is 14.2. The Morgan fingerprint density at radius 3 is 2.17 bits per heavy atom. The molecule has 0 unspecified atom stereocenters. The minimum Gasteiger partial charge on any atom is -0.494 e. The van der Waals surface area contributed by atoms with Crippen LogP contribution in [0.1, 0.15) is 6.92 Å². The predicted octanol–water partition coefficient (Wildman–Crippen LogP) is 3.94. The van der Waals surface area contributed by atoms with Gasteiger partial charge in [0.15, 0.2) is 17.3 Å². The fraction of sp³-hybridized carbons (Fsp3) is 0.250. The van der Waals surface area contributed by atoms with Gasteiger partial charge < -0.3 is 18.9 Å². The number of methoxy groups -OCH3 is 3. The number of fused-ring (bicyclic) bond motifs is 1. The molecule has 2 aromatic heterocycles. The number of hydrogen-bond donors (Lipinski definition) is 0. The van der Waals surface area contributed by atoms with E-state index >= 15 is 0 Å². The van der Waals surface area contributed by atoms with Crippen molar-refractivity contribution in [1.29, 1.82) is 0 Å². The summed E-state index contributed by atoms with van der Waals surface area (Å²) in [5.74, 6) is 3.15. The highest BCUT2D eigenvalue weighted by Crippen LogP contribution is 2.42. The molecule has 0 amide bonds. The first-order valence-electron chi connectivity index (χ1n) is 8.94. The summed E-state index contributed by atoms with van der Waals surface area (Å²) >= 11 is 1.43. The van der Waals surface area contributed by atoms with Crippen LogP contribution in [0.25, 0.3) is 26.9 Å². The molecule has 0 saturated carbocycles. The van der Waals surface area contributed by atoms with E-state index in [2.05, 4.69) is 10.2 Å². The highest BCUT2D eigenvalue weighted by atomic mass is 32.1. The first-order valence-corrected chi connectivity index (χ1v) is 9.76. The number of hydrogen-bond acceptors (Lipinski definition) is 8. The summed E-state index contributed by atoms with van der Waals surface area (Å²) in [6, 6.07) is 11.4. The topological polar surface area (TPSA) is 80.0 Å². The lowest BCUT2D eigenvalue weighted by Crippen LogP contribution is -1.96. The van der Waals surface area contributed by atoms with Gasteiger partial charge in [0.2, 0.25) is 10.7 Å². The molecule has 0 aliphatic rings. The normalized spacial score (nSPS) is 10.9. The van der Waals surface area contributed by atoms with E-state index in [1.807, 2.05) is 43.3 Å². The monoisotopic (exact) mass is 412 g/mol. The van der Waals surface area contributed by atoms with Gasteiger partial charge in [-0.2, -0.15) is 9.61 Å². The van der Waals surface area contributed by atoms with E-state index in [1.54, 1.807) is 25.8 Å². The summed E-state index contributed by atoms with van der Waals surface area (Å²) in [6.07, 6.45) is 0. The lowest BCUT2D eigenvalue weighted by Gasteiger charge is -2.13. The number of ether oxygens (including phenoxy) is 4. The van der Waals surface area contributed by atoms with Crippen LogP contribution in [0, 0.1) is 0 Å². The first kappa shape index (κ1) is 19.0. The van der Waals surface area contributed by atoms with Crippen LogP contribution >= 0.6 is 11.3 Å². The Morgan fingerprint density at radius 2 is 1.59 bits per heavy atom. The summed E-state index contributed by atoms with van der Waals surface area (Å²) in [4.78, 5) is 0.692. The Kier molecular flexibility index (Phi) is 5.22. The number of aromatic nitrogens is 4. The van der Waals surface area contributed by atoms with Crippen LogP contribution in [0.2, 0.25) is 0 Å². The zero-order valence-electron chi connectivity index (χ0n) is 16.5. The minimum atomic E-state index is 0.539. The largest absolute Gasteiger partial charge is 0.494 e. The van der Waals surface area contributed by atoms with Gasteiger partial charge in [0, 0.05) is 11.1 Å². The zero-order valence-corrected chi connectivity index (χ0v) is 17.3. The number of nitrogens with zero attached hydrogens (tertiary/aromatic N) is 4. The molecule has 8 nitrogen and oxygen atoms in total. The summed E-state index contributed by atoms with van der Waals surface area (Å²) in [5, 5.41) is 14.0. The maximum Gasteiger partial charge on any atom is 0.235 e. The SMILES string of the molecule is CCOc1ccc(-c2nnc3sc(-c4cc(OC)c(OC)c(OC)c4)nn23)cc1. The third-order valence-corrected chi connectivity index (χ3v) is 5.27. The van der Waals surface area contributed by atoms with Crippen molar-refractivity contribution in [2.75, 3.05) is 27.9 Å². The molecule has 4 aromatic rings. The molecule has 4 rings (SSSR count). The van der Waals surface area contributed by atoms with E-state index in [-0.39, 0.29) is 0 Å². The molecule has 0 aliphatic carbocycles. The van der Waals surface area contributed by atoms with Crippen molar-refractivity contribution in [3.05, 3.63) is 36.4 Å². The summed E-state index contributed by atoms with van der Waals surface area (Å²) in [6.45, 7) is 2.58. The van der Waals surface area contributed by atoms with Gasteiger partial charge in [-0.05, 0) is 43.3 Å². The standard InChI is InChI=1S/C20H20N4O4S/c1-5-28-14-8-6-12(7-9-14)18-21-22-20-24(18)23-19(29-20)13-10-15(25-2)17(27-4)16(11-13)26-3/h6-11H,5H2,1-4H3. The molecule has 29 heavy (non-hydrogen) atoms. The molecule has 0 spiro atoms. The average molecular weight is 412 g/mol. The lowest BCUT2D eigenvalue weighted by molar-refractivity contribution is 0.324. The van der Waals surface area contributed by atoms with Gasteiger partial charge in [0.1, 0.15) is 10.8 Å². The summed E-state index contributed by atoms with van der Waals surface area (Å²) in [5.41, 5.74) is 1.75. The fourth-order valence-corrected chi connectivity index (χ4v) is 3.81. The van der Waals surface area contributed by atoms with Crippen molar-refractivity contribution in [2.45, 2.75) is 6.92 Å². The molecule has 2 aromatic carbocycles. The Morgan fingerprint density at radius 1 is 0.897 bits per heavy atom.